The number of rotatable bonds is 1. The van der Waals surface area contributed by atoms with Crippen LogP contribution in [0.2, 0.25) is 0 Å². The molecular formula is C11H7FN2O2S. The van der Waals surface area contributed by atoms with E-state index in [2.05, 4.69) is 9.97 Å². The normalized spacial score (nSPS) is 11.2. The van der Waals surface area contributed by atoms with Crippen LogP contribution in [-0.2, 0) is 0 Å². The van der Waals surface area contributed by atoms with Crippen LogP contribution in [0.25, 0.3) is 20.3 Å². The van der Waals surface area contributed by atoms with E-state index in [9.17, 15) is 9.18 Å². The van der Waals surface area contributed by atoms with Crippen molar-refractivity contribution in [2.45, 2.75) is 0 Å². The molecule has 0 amide bonds. The van der Waals surface area contributed by atoms with Gasteiger partial charge in [-0.2, -0.15) is 0 Å². The van der Waals surface area contributed by atoms with E-state index in [4.69, 9.17) is 4.74 Å². The average Bonchev–Trinajstić information content (AvgIpc) is 2.68. The van der Waals surface area contributed by atoms with Crippen LogP contribution in [0.4, 0.5) is 4.39 Å². The van der Waals surface area contributed by atoms with Gasteiger partial charge in [0.1, 0.15) is 4.70 Å². The van der Waals surface area contributed by atoms with Crippen LogP contribution in [-0.4, -0.2) is 17.1 Å². The number of fused-ring (bicyclic) bond motifs is 3. The third-order valence-corrected chi connectivity index (χ3v) is 3.67. The summed E-state index contributed by atoms with van der Waals surface area (Å²) in [6.07, 6.45) is 1.32. The first-order chi connectivity index (χ1) is 8.20. The van der Waals surface area contributed by atoms with Gasteiger partial charge in [0.05, 0.1) is 19.0 Å². The van der Waals surface area contributed by atoms with Crippen molar-refractivity contribution in [3.05, 3.63) is 34.6 Å². The highest BCUT2D eigenvalue weighted by Crippen LogP contribution is 2.34. The Morgan fingerprint density at radius 2 is 2.29 bits per heavy atom. The predicted molar refractivity (Wildman–Crippen MR) is 64.3 cm³/mol. The molecular weight excluding hydrogens is 243 g/mol. The second-order valence-electron chi connectivity index (χ2n) is 3.49. The third-order valence-electron chi connectivity index (χ3n) is 2.53. The van der Waals surface area contributed by atoms with Crippen LogP contribution < -0.4 is 10.3 Å². The summed E-state index contributed by atoms with van der Waals surface area (Å²) in [6.45, 7) is 0. The van der Waals surface area contributed by atoms with E-state index in [1.165, 1.54) is 30.8 Å². The van der Waals surface area contributed by atoms with Crippen LogP contribution in [0.15, 0.2) is 23.3 Å². The van der Waals surface area contributed by atoms with Gasteiger partial charge in [-0.05, 0) is 6.07 Å². The van der Waals surface area contributed by atoms with Crippen molar-refractivity contribution >= 4 is 31.6 Å². The molecule has 0 unspecified atom stereocenters. The topological polar surface area (TPSA) is 55.0 Å². The van der Waals surface area contributed by atoms with Gasteiger partial charge in [0, 0.05) is 16.2 Å². The quantitative estimate of drug-likeness (QED) is 0.721. The molecule has 0 saturated carbocycles. The van der Waals surface area contributed by atoms with E-state index < -0.39 is 5.82 Å². The molecule has 0 aliphatic rings. The molecule has 0 saturated heterocycles. The van der Waals surface area contributed by atoms with E-state index in [1.54, 1.807) is 6.07 Å². The molecule has 1 N–H and O–H groups in total. The second kappa shape index (κ2) is 3.53. The summed E-state index contributed by atoms with van der Waals surface area (Å²) in [5.74, 6) is -0.290. The summed E-state index contributed by atoms with van der Waals surface area (Å²) >= 11 is 1.27. The van der Waals surface area contributed by atoms with Crippen LogP contribution in [0.5, 0.6) is 5.75 Å². The molecule has 0 radical (unpaired) electrons. The molecule has 4 nitrogen and oxygen atoms in total. The molecule has 1 aromatic carbocycles. The molecule has 0 spiro atoms. The zero-order chi connectivity index (χ0) is 12.0. The van der Waals surface area contributed by atoms with Crippen molar-refractivity contribution in [3.63, 3.8) is 0 Å². The molecule has 6 heteroatoms. The molecule has 0 aliphatic carbocycles. The lowest BCUT2D eigenvalue weighted by atomic mass is 10.2. The van der Waals surface area contributed by atoms with E-state index in [1.807, 2.05) is 0 Å². The summed E-state index contributed by atoms with van der Waals surface area (Å²) < 4.78 is 19.8. The molecule has 2 aromatic heterocycles. The summed E-state index contributed by atoms with van der Waals surface area (Å²) in [4.78, 5) is 18.1. The fraction of sp³-hybridized carbons (Fsp3) is 0.0909. The largest absolute Gasteiger partial charge is 0.494 e. The van der Waals surface area contributed by atoms with Gasteiger partial charge in [0.15, 0.2) is 11.6 Å². The van der Waals surface area contributed by atoms with Gasteiger partial charge in [-0.15, -0.1) is 11.3 Å². The number of nitrogens with zero attached hydrogens (tertiary/aromatic N) is 1. The molecule has 3 aromatic rings. The van der Waals surface area contributed by atoms with Gasteiger partial charge >= 0.3 is 0 Å². The minimum atomic E-state index is -0.457. The standard InChI is InChI=1S/C11H7FN2O2S/c1-16-7-3-8-5(2-6(7)12)9-10(17-8)11(15)14-4-13-9/h2-4H,1H3,(H,13,14,15). The maximum atomic E-state index is 13.6. The molecule has 0 fully saturated rings. The summed E-state index contributed by atoms with van der Waals surface area (Å²) in [5, 5.41) is 0.634. The number of hydrogen-bond acceptors (Lipinski definition) is 4. The van der Waals surface area contributed by atoms with Crippen LogP contribution in [0.1, 0.15) is 0 Å². The Balaban J connectivity index is 2.52. The number of hydrogen-bond donors (Lipinski definition) is 1. The van der Waals surface area contributed by atoms with Crippen LogP contribution >= 0.6 is 11.3 Å². The monoisotopic (exact) mass is 250 g/mol. The summed E-state index contributed by atoms with van der Waals surface area (Å²) in [7, 11) is 1.41. The molecule has 3 rings (SSSR count). The number of halogens is 1. The predicted octanol–water partition coefficient (Wildman–Crippen LogP) is 2.29. The van der Waals surface area contributed by atoms with Gasteiger partial charge in [0.2, 0.25) is 0 Å². The Hall–Kier alpha value is -1.95. The van der Waals surface area contributed by atoms with Gasteiger partial charge in [-0.25, -0.2) is 9.37 Å². The fourth-order valence-corrected chi connectivity index (χ4v) is 2.81. The molecule has 86 valence electrons. The number of ether oxygens (including phenoxy) is 1. The molecule has 0 aliphatic heterocycles. The summed E-state index contributed by atoms with van der Waals surface area (Å²) in [6, 6.07) is 2.93. The van der Waals surface area contributed by atoms with Gasteiger partial charge < -0.3 is 9.72 Å². The van der Waals surface area contributed by atoms with Crippen molar-refractivity contribution in [1.29, 1.82) is 0 Å². The molecule has 2 heterocycles. The van der Waals surface area contributed by atoms with Crippen molar-refractivity contribution in [3.8, 4) is 5.75 Å². The zero-order valence-corrected chi connectivity index (χ0v) is 9.60. The molecule has 0 atom stereocenters. The smallest absolute Gasteiger partial charge is 0.268 e. The maximum Gasteiger partial charge on any atom is 0.268 e. The van der Waals surface area contributed by atoms with Crippen molar-refractivity contribution in [1.82, 2.24) is 9.97 Å². The Kier molecular flexibility index (Phi) is 2.12. The third kappa shape index (κ3) is 1.41. The Morgan fingerprint density at radius 3 is 3.06 bits per heavy atom. The number of H-pyrrole nitrogens is 1. The summed E-state index contributed by atoms with van der Waals surface area (Å²) in [5.41, 5.74) is 0.311. The first-order valence-electron chi connectivity index (χ1n) is 4.84. The number of thiophene rings is 1. The van der Waals surface area contributed by atoms with E-state index in [0.717, 1.165) is 4.70 Å². The lowest BCUT2D eigenvalue weighted by Crippen LogP contribution is -2.03. The average molecular weight is 250 g/mol. The maximum absolute atomic E-state index is 13.6. The number of benzene rings is 1. The van der Waals surface area contributed by atoms with Crippen LogP contribution in [0, 0.1) is 5.82 Å². The highest BCUT2D eigenvalue weighted by Gasteiger charge is 2.12. The Bertz CT molecular complexity index is 778. The molecule has 17 heavy (non-hydrogen) atoms. The lowest BCUT2D eigenvalue weighted by Gasteiger charge is -2.00. The van der Waals surface area contributed by atoms with Gasteiger partial charge in [-0.3, -0.25) is 4.79 Å². The van der Waals surface area contributed by atoms with Crippen molar-refractivity contribution < 1.29 is 9.13 Å². The first-order valence-corrected chi connectivity index (χ1v) is 5.66. The van der Waals surface area contributed by atoms with Crippen molar-refractivity contribution in [2.75, 3.05) is 7.11 Å². The number of methoxy groups -OCH3 is 1. The number of aromatic amines is 1. The van der Waals surface area contributed by atoms with E-state index in [0.29, 0.717) is 15.6 Å². The highest BCUT2D eigenvalue weighted by atomic mass is 32.1. The molecule has 0 bridgehead atoms. The number of aromatic nitrogens is 2. The fourth-order valence-electron chi connectivity index (χ4n) is 1.74. The van der Waals surface area contributed by atoms with E-state index in [-0.39, 0.29) is 11.3 Å². The van der Waals surface area contributed by atoms with Crippen LogP contribution in [0.3, 0.4) is 0 Å². The van der Waals surface area contributed by atoms with E-state index >= 15 is 0 Å². The van der Waals surface area contributed by atoms with Gasteiger partial charge in [-0.1, -0.05) is 0 Å². The second-order valence-corrected chi connectivity index (χ2v) is 4.55. The Labute approximate surface area is 98.7 Å². The van der Waals surface area contributed by atoms with Gasteiger partial charge in [0.25, 0.3) is 5.56 Å². The van der Waals surface area contributed by atoms with Crippen molar-refractivity contribution in [2.24, 2.45) is 0 Å². The minimum Gasteiger partial charge on any atom is -0.494 e. The highest BCUT2D eigenvalue weighted by molar-refractivity contribution is 7.25. The zero-order valence-electron chi connectivity index (χ0n) is 8.78. The Morgan fingerprint density at radius 1 is 1.47 bits per heavy atom. The first kappa shape index (κ1) is 10.2. The number of nitrogens with one attached hydrogen (secondary N) is 1. The lowest BCUT2D eigenvalue weighted by molar-refractivity contribution is 0.387. The SMILES string of the molecule is COc1cc2sc3c(=O)[nH]cnc3c2cc1F. The minimum absolute atomic E-state index is 0.167.